The van der Waals surface area contributed by atoms with Gasteiger partial charge in [-0.25, -0.2) is 0 Å². The van der Waals surface area contributed by atoms with E-state index < -0.39 is 0 Å². The molecule has 2 heteroatoms. The van der Waals surface area contributed by atoms with Crippen molar-refractivity contribution in [2.75, 3.05) is 6.54 Å². The van der Waals surface area contributed by atoms with Crippen molar-refractivity contribution in [2.24, 2.45) is 0 Å². The van der Waals surface area contributed by atoms with Crippen LogP contribution in [0, 0.1) is 0 Å². The van der Waals surface area contributed by atoms with Crippen LogP contribution >= 0.6 is 0 Å². The maximum Gasteiger partial charge on any atom is 0.224 e. The van der Waals surface area contributed by atoms with Crippen LogP contribution in [0.3, 0.4) is 0 Å². The minimum Gasteiger partial charge on any atom is -0.356 e. The zero-order valence-corrected chi connectivity index (χ0v) is 10.8. The quantitative estimate of drug-likeness (QED) is 0.799. The van der Waals surface area contributed by atoms with Crippen LogP contribution in [0.4, 0.5) is 0 Å². The molecule has 0 unspecified atom stereocenters. The van der Waals surface area contributed by atoms with Gasteiger partial charge in [-0.2, -0.15) is 0 Å². The van der Waals surface area contributed by atoms with Crippen LogP contribution in [0.25, 0.3) is 10.8 Å². The average molecular weight is 241 g/mol. The van der Waals surface area contributed by atoms with Crippen molar-refractivity contribution in [1.82, 2.24) is 5.32 Å². The standard InChI is InChI=1S/C16H19NO/c1-2-3-11-17-16(18)12-14-9-6-8-13-7-4-5-10-15(13)14/h4-10H,2-3,11-12H2,1H3,(H,17,18). The van der Waals surface area contributed by atoms with Crippen molar-refractivity contribution < 1.29 is 4.79 Å². The second-order valence-electron chi connectivity index (χ2n) is 4.52. The summed E-state index contributed by atoms with van der Waals surface area (Å²) in [4.78, 5) is 11.8. The summed E-state index contributed by atoms with van der Waals surface area (Å²) in [6.45, 7) is 2.90. The number of rotatable bonds is 5. The van der Waals surface area contributed by atoms with Gasteiger partial charge in [0.15, 0.2) is 0 Å². The zero-order chi connectivity index (χ0) is 12.8. The van der Waals surface area contributed by atoms with Crippen molar-refractivity contribution in [2.45, 2.75) is 26.2 Å². The van der Waals surface area contributed by atoms with E-state index in [4.69, 9.17) is 0 Å². The molecule has 0 saturated carbocycles. The SMILES string of the molecule is CCCCNC(=O)Cc1cccc2ccccc12. The number of fused-ring (bicyclic) bond motifs is 1. The molecule has 0 fully saturated rings. The Bertz CT molecular complexity index is 528. The molecule has 18 heavy (non-hydrogen) atoms. The first kappa shape index (κ1) is 12.6. The summed E-state index contributed by atoms with van der Waals surface area (Å²) < 4.78 is 0. The van der Waals surface area contributed by atoms with Gasteiger partial charge in [-0.15, -0.1) is 0 Å². The Balaban J connectivity index is 2.09. The number of carbonyl (C=O) groups excluding carboxylic acids is 1. The first-order valence-corrected chi connectivity index (χ1v) is 6.54. The summed E-state index contributed by atoms with van der Waals surface area (Å²) in [6.07, 6.45) is 2.61. The van der Waals surface area contributed by atoms with E-state index in [1.165, 1.54) is 10.8 Å². The molecule has 2 aromatic carbocycles. The van der Waals surface area contributed by atoms with Gasteiger partial charge in [-0.05, 0) is 22.8 Å². The van der Waals surface area contributed by atoms with E-state index >= 15 is 0 Å². The molecular weight excluding hydrogens is 222 g/mol. The Kier molecular flexibility index (Phi) is 4.35. The van der Waals surface area contributed by atoms with Crippen LogP contribution < -0.4 is 5.32 Å². The van der Waals surface area contributed by atoms with Crippen LogP contribution in [-0.2, 0) is 11.2 Å². The van der Waals surface area contributed by atoms with Crippen molar-refractivity contribution >= 4 is 16.7 Å². The molecule has 0 aliphatic heterocycles. The van der Waals surface area contributed by atoms with Gasteiger partial charge in [0.1, 0.15) is 0 Å². The molecule has 0 spiro atoms. The van der Waals surface area contributed by atoms with Gasteiger partial charge < -0.3 is 5.32 Å². The fraction of sp³-hybridized carbons (Fsp3) is 0.312. The largest absolute Gasteiger partial charge is 0.356 e. The molecule has 0 heterocycles. The first-order valence-electron chi connectivity index (χ1n) is 6.54. The van der Waals surface area contributed by atoms with Crippen LogP contribution in [0.5, 0.6) is 0 Å². The molecule has 2 aromatic rings. The van der Waals surface area contributed by atoms with Gasteiger partial charge in [0.25, 0.3) is 0 Å². The van der Waals surface area contributed by atoms with E-state index in [9.17, 15) is 4.79 Å². The summed E-state index contributed by atoms with van der Waals surface area (Å²) in [5.74, 6) is 0.111. The third-order valence-electron chi connectivity index (χ3n) is 3.08. The minimum absolute atomic E-state index is 0.111. The van der Waals surface area contributed by atoms with Crippen LogP contribution in [0.2, 0.25) is 0 Å². The van der Waals surface area contributed by atoms with E-state index in [1.807, 2.05) is 24.3 Å². The molecule has 0 saturated heterocycles. The lowest BCUT2D eigenvalue weighted by atomic mass is 10.0. The molecule has 2 nitrogen and oxygen atoms in total. The van der Waals surface area contributed by atoms with Gasteiger partial charge in [-0.3, -0.25) is 4.79 Å². The highest BCUT2D eigenvalue weighted by Crippen LogP contribution is 2.18. The molecule has 0 aliphatic carbocycles. The molecule has 2 rings (SSSR count). The summed E-state index contributed by atoms with van der Waals surface area (Å²) in [5, 5.41) is 5.32. The number of benzene rings is 2. The van der Waals surface area contributed by atoms with Gasteiger partial charge in [0, 0.05) is 6.54 Å². The normalized spacial score (nSPS) is 10.5. The topological polar surface area (TPSA) is 29.1 Å². The molecule has 0 aromatic heterocycles. The number of hydrogen-bond donors (Lipinski definition) is 1. The second-order valence-corrected chi connectivity index (χ2v) is 4.52. The highest BCUT2D eigenvalue weighted by Gasteiger charge is 2.05. The zero-order valence-electron chi connectivity index (χ0n) is 10.8. The number of nitrogens with one attached hydrogen (secondary N) is 1. The van der Waals surface area contributed by atoms with Crippen molar-refractivity contribution in [3.05, 3.63) is 48.0 Å². The highest BCUT2D eigenvalue weighted by atomic mass is 16.1. The van der Waals surface area contributed by atoms with Gasteiger partial charge >= 0.3 is 0 Å². The highest BCUT2D eigenvalue weighted by molar-refractivity contribution is 5.90. The van der Waals surface area contributed by atoms with Gasteiger partial charge in [0.05, 0.1) is 6.42 Å². The maximum absolute atomic E-state index is 11.8. The molecule has 0 bridgehead atoms. The molecular formula is C16H19NO. The van der Waals surface area contributed by atoms with E-state index in [2.05, 4.69) is 30.4 Å². The minimum atomic E-state index is 0.111. The summed E-state index contributed by atoms with van der Waals surface area (Å²) in [5.41, 5.74) is 1.10. The fourth-order valence-electron chi connectivity index (χ4n) is 2.09. The summed E-state index contributed by atoms with van der Waals surface area (Å²) >= 11 is 0. The number of unbranched alkanes of at least 4 members (excludes halogenated alkanes) is 1. The Morgan fingerprint density at radius 1 is 1.11 bits per heavy atom. The van der Waals surface area contributed by atoms with E-state index in [1.54, 1.807) is 0 Å². The molecule has 1 amide bonds. The fourth-order valence-corrected chi connectivity index (χ4v) is 2.09. The Morgan fingerprint density at radius 2 is 1.89 bits per heavy atom. The molecule has 0 aliphatic rings. The predicted molar refractivity (Wildman–Crippen MR) is 75.6 cm³/mol. The lowest BCUT2D eigenvalue weighted by Crippen LogP contribution is -2.26. The van der Waals surface area contributed by atoms with E-state index in [0.717, 1.165) is 24.9 Å². The maximum atomic E-state index is 11.8. The van der Waals surface area contributed by atoms with Crippen LogP contribution in [0.15, 0.2) is 42.5 Å². The number of amides is 1. The third kappa shape index (κ3) is 3.10. The van der Waals surface area contributed by atoms with E-state index in [-0.39, 0.29) is 5.91 Å². The smallest absolute Gasteiger partial charge is 0.224 e. The Hall–Kier alpha value is -1.83. The average Bonchev–Trinajstić information content (AvgIpc) is 2.39. The predicted octanol–water partition coefficient (Wildman–Crippen LogP) is 3.30. The Morgan fingerprint density at radius 3 is 2.72 bits per heavy atom. The van der Waals surface area contributed by atoms with Gasteiger partial charge in [0.2, 0.25) is 5.91 Å². The Labute approximate surface area is 108 Å². The second kappa shape index (κ2) is 6.20. The number of carbonyl (C=O) groups is 1. The third-order valence-corrected chi connectivity index (χ3v) is 3.08. The first-order chi connectivity index (χ1) is 8.81. The molecule has 0 atom stereocenters. The molecule has 0 radical (unpaired) electrons. The van der Waals surface area contributed by atoms with Crippen molar-refractivity contribution in [3.63, 3.8) is 0 Å². The number of hydrogen-bond acceptors (Lipinski definition) is 1. The lowest BCUT2D eigenvalue weighted by molar-refractivity contribution is -0.120. The monoisotopic (exact) mass is 241 g/mol. The molecule has 94 valence electrons. The summed E-state index contributed by atoms with van der Waals surface area (Å²) in [6, 6.07) is 14.3. The van der Waals surface area contributed by atoms with Crippen molar-refractivity contribution in [3.8, 4) is 0 Å². The van der Waals surface area contributed by atoms with Crippen LogP contribution in [-0.4, -0.2) is 12.5 Å². The summed E-state index contributed by atoms with van der Waals surface area (Å²) in [7, 11) is 0. The van der Waals surface area contributed by atoms with Gasteiger partial charge in [-0.1, -0.05) is 55.8 Å². The van der Waals surface area contributed by atoms with Crippen LogP contribution in [0.1, 0.15) is 25.3 Å². The van der Waals surface area contributed by atoms with E-state index in [0.29, 0.717) is 6.42 Å². The molecule has 1 N–H and O–H groups in total. The lowest BCUT2D eigenvalue weighted by Gasteiger charge is -2.07. The van der Waals surface area contributed by atoms with Crippen molar-refractivity contribution in [1.29, 1.82) is 0 Å².